The highest BCUT2D eigenvalue weighted by Crippen LogP contribution is 2.37. The summed E-state index contributed by atoms with van der Waals surface area (Å²) >= 11 is 18.8. The summed E-state index contributed by atoms with van der Waals surface area (Å²) in [5.41, 5.74) is 1.96. The molecule has 0 saturated carbocycles. The summed E-state index contributed by atoms with van der Waals surface area (Å²) in [6, 6.07) is 10.5. The second-order valence-electron chi connectivity index (χ2n) is 9.89. The molecule has 38 heavy (non-hydrogen) atoms. The number of amides is 1. The zero-order valence-electron chi connectivity index (χ0n) is 21.1. The highest BCUT2D eigenvalue weighted by Gasteiger charge is 2.32. The number of aromatic nitrogens is 4. The molecule has 2 aliphatic heterocycles. The fraction of sp³-hybridized carbons (Fsp3) is 0.481. The van der Waals surface area contributed by atoms with Crippen LogP contribution in [0.1, 0.15) is 48.8 Å². The molecule has 2 aliphatic rings. The summed E-state index contributed by atoms with van der Waals surface area (Å²) in [5.74, 6) is 1.08. The number of likely N-dealkylation sites (tertiary alicyclic amines) is 2. The number of piperidine rings is 1. The molecule has 202 valence electrons. The van der Waals surface area contributed by atoms with Gasteiger partial charge in [0.05, 0.1) is 0 Å². The van der Waals surface area contributed by atoms with Gasteiger partial charge >= 0.3 is 0 Å². The van der Waals surface area contributed by atoms with Crippen molar-refractivity contribution in [3.05, 3.63) is 68.9 Å². The Morgan fingerprint density at radius 2 is 1.74 bits per heavy atom. The number of nitrogens with zero attached hydrogens (tertiary/aromatic N) is 6. The van der Waals surface area contributed by atoms with E-state index in [-0.39, 0.29) is 11.8 Å². The maximum Gasteiger partial charge on any atom is 0.249 e. The Morgan fingerprint density at radius 1 is 1.00 bits per heavy atom. The van der Waals surface area contributed by atoms with Crippen molar-refractivity contribution in [3.63, 3.8) is 0 Å². The fourth-order valence-electron chi connectivity index (χ4n) is 5.36. The third kappa shape index (κ3) is 6.60. The van der Waals surface area contributed by atoms with Gasteiger partial charge in [-0.2, -0.15) is 4.80 Å². The van der Waals surface area contributed by atoms with Crippen LogP contribution in [0.15, 0.2) is 42.7 Å². The molecule has 8 nitrogen and oxygen atoms in total. The van der Waals surface area contributed by atoms with Crippen molar-refractivity contribution in [3.8, 4) is 5.75 Å². The third-order valence-electron chi connectivity index (χ3n) is 7.44. The maximum absolute atomic E-state index is 13.7. The van der Waals surface area contributed by atoms with Crippen LogP contribution in [0.4, 0.5) is 0 Å². The van der Waals surface area contributed by atoms with Crippen LogP contribution in [0, 0.1) is 0 Å². The largest absolute Gasteiger partial charge is 0.492 e. The van der Waals surface area contributed by atoms with E-state index < -0.39 is 6.04 Å². The molecule has 0 radical (unpaired) electrons. The van der Waals surface area contributed by atoms with E-state index in [0.29, 0.717) is 41.2 Å². The van der Waals surface area contributed by atoms with Crippen LogP contribution >= 0.6 is 34.8 Å². The molecule has 0 bridgehead atoms. The second kappa shape index (κ2) is 12.6. The first-order valence-corrected chi connectivity index (χ1v) is 14.2. The number of carbonyl (C=O) groups is 1. The van der Waals surface area contributed by atoms with E-state index in [1.807, 2.05) is 23.1 Å². The molecule has 2 fully saturated rings. The van der Waals surface area contributed by atoms with Crippen molar-refractivity contribution in [2.45, 2.75) is 44.1 Å². The second-order valence-corrected chi connectivity index (χ2v) is 11.2. The lowest BCUT2D eigenvalue weighted by molar-refractivity contribution is -0.136. The summed E-state index contributed by atoms with van der Waals surface area (Å²) in [6.45, 7) is 5.11. The molecule has 3 heterocycles. The van der Waals surface area contributed by atoms with E-state index in [4.69, 9.17) is 39.5 Å². The third-order valence-corrected chi connectivity index (χ3v) is 8.26. The lowest BCUT2D eigenvalue weighted by Crippen LogP contribution is -2.43. The quantitative estimate of drug-likeness (QED) is 0.344. The van der Waals surface area contributed by atoms with E-state index in [1.165, 1.54) is 24.0 Å². The van der Waals surface area contributed by atoms with Gasteiger partial charge in [0.2, 0.25) is 5.91 Å². The van der Waals surface area contributed by atoms with Crippen molar-refractivity contribution < 1.29 is 9.53 Å². The van der Waals surface area contributed by atoms with E-state index in [1.54, 1.807) is 12.1 Å². The van der Waals surface area contributed by atoms with Gasteiger partial charge in [0.15, 0.2) is 12.4 Å². The van der Waals surface area contributed by atoms with Crippen LogP contribution in [0.3, 0.4) is 0 Å². The Labute approximate surface area is 237 Å². The topological polar surface area (TPSA) is 76.4 Å². The zero-order valence-corrected chi connectivity index (χ0v) is 23.4. The van der Waals surface area contributed by atoms with Crippen molar-refractivity contribution in [2.75, 3.05) is 39.3 Å². The van der Waals surface area contributed by atoms with Crippen molar-refractivity contribution >= 4 is 40.7 Å². The van der Waals surface area contributed by atoms with Crippen molar-refractivity contribution in [2.24, 2.45) is 0 Å². The van der Waals surface area contributed by atoms with E-state index >= 15 is 0 Å². The Hall–Kier alpha value is -2.39. The number of hydrogen-bond donors (Lipinski definition) is 0. The van der Waals surface area contributed by atoms with E-state index in [2.05, 4.69) is 26.4 Å². The molecule has 0 N–H and O–H groups in total. The maximum atomic E-state index is 13.7. The SMILES string of the molecule is O=C(C(Cc1ccc(Cl)cc1Cl)n1ncnn1)N1CCC(c2ccc(Cl)cc2OCCN2CCCC2)CC1. The summed E-state index contributed by atoms with van der Waals surface area (Å²) in [6.07, 6.45) is 5.86. The smallest absolute Gasteiger partial charge is 0.249 e. The van der Waals surface area contributed by atoms with Crippen molar-refractivity contribution in [1.29, 1.82) is 0 Å². The summed E-state index contributed by atoms with van der Waals surface area (Å²) < 4.78 is 6.23. The lowest BCUT2D eigenvalue weighted by Gasteiger charge is -2.34. The molecule has 1 unspecified atom stereocenters. The first kappa shape index (κ1) is 27.2. The van der Waals surface area contributed by atoms with Gasteiger partial charge in [-0.1, -0.05) is 46.9 Å². The van der Waals surface area contributed by atoms with E-state index in [9.17, 15) is 4.79 Å². The number of carbonyl (C=O) groups excluding carboxylic acids is 1. The van der Waals surface area contributed by atoms with Gasteiger partial charge in [0.1, 0.15) is 12.4 Å². The molecule has 0 aliphatic carbocycles. The van der Waals surface area contributed by atoms with Gasteiger partial charge in [-0.3, -0.25) is 9.69 Å². The molecule has 3 aromatic rings. The predicted molar refractivity (Wildman–Crippen MR) is 148 cm³/mol. The molecular formula is C27H31Cl3N6O2. The summed E-state index contributed by atoms with van der Waals surface area (Å²) in [7, 11) is 0. The van der Waals surface area contributed by atoms with Crippen LogP contribution in [-0.2, 0) is 11.2 Å². The number of tetrazole rings is 1. The molecule has 1 amide bonds. The van der Waals surface area contributed by atoms with Gasteiger partial charge in [-0.05, 0) is 85.3 Å². The zero-order chi connectivity index (χ0) is 26.5. The summed E-state index contributed by atoms with van der Waals surface area (Å²) in [5, 5.41) is 13.7. The predicted octanol–water partition coefficient (Wildman–Crippen LogP) is 5.30. The Bertz CT molecular complexity index is 1230. The van der Waals surface area contributed by atoms with Gasteiger partial charge in [0.25, 0.3) is 0 Å². The lowest BCUT2D eigenvalue weighted by atomic mass is 9.88. The minimum Gasteiger partial charge on any atom is -0.492 e. The highest BCUT2D eigenvalue weighted by molar-refractivity contribution is 6.35. The first-order chi connectivity index (χ1) is 18.5. The van der Waals surface area contributed by atoms with Crippen LogP contribution in [0.2, 0.25) is 15.1 Å². The summed E-state index contributed by atoms with van der Waals surface area (Å²) in [4.78, 5) is 19.4. The number of hydrogen-bond acceptors (Lipinski definition) is 6. The van der Waals surface area contributed by atoms with Crippen LogP contribution in [0.5, 0.6) is 5.75 Å². The highest BCUT2D eigenvalue weighted by atomic mass is 35.5. The Balaban J connectivity index is 1.24. The van der Waals surface area contributed by atoms with Gasteiger partial charge < -0.3 is 9.64 Å². The normalized spacial score (nSPS) is 17.6. The minimum atomic E-state index is -0.646. The number of ether oxygens (including phenoxy) is 1. The molecule has 1 atom stereocenters. The van der Waals surface area contributed by atoms with Crippen LogP contribution in [-0.4, -0.2) is 75.2 Å². The van der Waals surface area contributed by atoms with Crippen molar-refractivity contribution in [1.82, 2.24) is 30.0 Å². The standard InChI is InChI=1S/C27H31Cl3N6O2/c28-21-4-3-20(24(30)16-21)15-25(36-32-18-31-33-36)27(37)35-11-7-19(8-12-35)23-6-5-22(29)17-26(23)38-14-13-34-9-1-2-10-34/h3-6,16-19,25H,1-2,7-15H2. The monoisotopic (exact) mass is 576 g/mol. The molecule has 2 aromatic carbocycles. The Morgan fingerprint density at radius 3 is 2.45 bits per heavy atom. The van der Waals surface area contributed by atoms with Gasteiger partial charge in [-0.15, -0.1) is 10.2 Å². The van der Waals surface area contributed by atoms with E-state index in [0.717, 1.165) is 49.4 Å². The fourth-order valence-corrected chi connectivity index (χ4v) is 6.01. The van der Waals surface area contributed by atoms with Crippen LogP contribution in [0.25, 0.3) is 0 Å². The molecule has 2 saturated heterocycles. The van der Waals surface area contributed by atoms with Crippen LogP contribution < -0.4 is 4.74 Å². The molecule has 11 heteroatoms. The van der Waals surface area contributed by atoms with Gasteiger partial charge in [0, 0.05) is 41.1 Å². The Kier molecular flexibility index (Phi) is 9.05. The average molecular weight is 578 g/mol. The molecule has 0 spiro atoms. The van der Waals surface area contributed by atoms with Gasteiger partial charge in [-0.25, -0.2) is 0 Å². The molecular weight excluding hydrogens is 547 g/mol. The average Bonchev–Trinajstić information content (AvgIpc) is 3.63. The number of benzene rings is 2. The molecule has 5 rings (SSSR count). The number of rotatable bonds is 9. The first-order valence-electron chi connectivity index (χ1n) is 13.1. The molecule has 1 aromatic heterocycles. The number of halogens is 3. The minimum absolute atomic E-state index is 0.0503.